The smallest absolute Gasteiger partial charge is 0.242 e. The predicted octanol–water partition coefficient (Wildman–Crippen LogP) is 5.75. The fraction of sp³-hybridized carbons (Fsp3) is 0.379. The second-order valence-electron chi connectivity index (χ2n) is 9.51. The molecule has 0 saturated carbocycles. The summed E-state index contributed by atoms with van der Waals surface area (Å²) < 4.78 is 27.9. The average molecular weight is 477 g/mol. The zero-order chi connectivity index (χ0) is 24.0. The Morgan fingerprint density at radius 2 is 1.38 bits per heavy atom. The molecule has 0 aromatic heterocycles. The lowest BCUT2D eigenvalue weighted by Gasteiger charge is -2.38. The Kier molecular flexibility index (Phi) is 8.19. The van der Waals surface area contributed by atoms with Gasteiger partial charge in [-0.05, 0) is 74.4 Å². The molecule has 0 aliphatic carbocycles. The fourth-order valence-electron chi connectivity index (χ4n) is 5.18. The highest BCUT2D eigenvalue weighted by Gasteiger charge is 2.29. The van der Waals surface area contributed by atoms with Crippen LogP contribution in [-0.4, -0.2) is 50.3 Å². The van der Waals surface area contributed by atoms with Crippen molar-refractivity contribution in [1.82, 2.24) is 9.21 Å². The zero-order valence-corrected chi connectivity index (χ0v) is 21.1. The van der Waals surface area contributed by atoms with Gasteiger partial charge in [0.05, 0.1) is 4.90 Å². The van der Waals surface area contributed by atoms with Crippen LogP contribution in [0, 0.1) is 0 Å². The molecule has 5 heteroatoms. The number of rotatable bonds is 9. The Bertz CT molecular complexity index is 1110. The Hall–Kier alpha value is -2.47. The third kappa shape index (κ3) is 5.96. The van der Waals surface area contributed by atoms with Crippen LogP contribution in [0.3, 0.4) is 0 Å². The van der Waals surface area contributed by atoms with E-state index in [4.69, 9.17) is 0 Å². The zero-order valence-electron chi connectivity index (χ0n) is 20.3. The number of likely N-dealkylation sites (tertiary alicyclic amines) is 1. The van der Waals surface area contributed by atoms with E-state index in [1.807, 2.05) is 24.3 Å². The molecule has 0 N–H and O–H groups in total. The molecule has 34 heavy (non-hydrogen) atoms. The first-order valence-corrected chi connectivity index (χ1v) is 13.7. The molecule has 0 spiro atoms. The first-order valence-electron chi connectivity index (χ1n) is 12.3. The number of nitrogens with zero attached hydrogens (tertiary/aromatic N) is 2. The number of benzene rings is 3. The monoisotopic (exact) mass is 476 g/mol. The van der Waals surface area contributed by atoms with Crippen LogP contribution in [0.1, 0.15) is 49.1 Å². The molecule has 4 nitrogen and oxygen atoms in total. The number of hydrogen-bond acceptors (Lipinski definition) is 3. The van der Waals surface area contributed by atoms with Crippen LogP contribution >= 0.6 is 0 Å². The van der Waals surface area contributed by atoms with Crippen LogP contribution in [0.5, 0.6) is 0 Å². The molecule has 0 bridgehead atoms. The minimum atomic E-state index is -3.52. The maximum absolute atomic E-state index is 13.2. The molecule has 1 fully saturated rings. The summed E-state index contributed by atoms with van der Waals surface area (Å²) in [7, 11) is -1.82. The molecule has 0 radical (unpaired) electrons. The first kappa shape index (κ1) is 24.6. The van der Waals surface area contributed by atoms with Crippen LogP contribution in [0.25, 0.3) is 0 Å². The molecule has 1 aliphatic heterocycles. The van der Waals surface area contributed by atoms with Gasteiger partial charge in [-0.25, -0.2) is 12.7 Å². The summed E-state index contributed by atoms with van der Waals surface area (Å²) >= 11 is 0. The van der Waals surface area contributed by atoms with Crippen molar-refractivity contribution in [3.63, 3.8) is 0 Å². The Balaban J connectivity index is 1.44. The number of hydrogen-bond donors (Lipinski definition) is 0. The maximum Gasteiger partial charge on any atom is 0.242 e. The van der Waals surface area contributed by atoms with E-state index in [9.17, 15) is 8.42 Å². The summed E-state index contributed by atoms with van der Waals surface area (Å²) in [5.41, 5.74) is 2.65. The summed E-state index contributed by atoms with van der Waals surface area (Å²) in [5, 5.41) is 0. The van der Waals surface area contributed by atoms with Crippen LogP contribution in [0.15, 0.2) is 95.9 Å². The van der Waals surface area contributed by atoms with Gasteiger partial charge in [-0.1, -0.05) is 78.9 Å². The van der Waals surface area contributed by atoms with Gasteiger partial charge in [0.1, 0.15) is 0 Å². The van der Waals surface area contributed by atoms with Gasteiger partial charge in [-0.3, -0.25) is 0 Å². The lowest BCUT2D eigenvalue weighted by atomic mass is 9.87. The van der Waals surface area contributed by atoms with Gasteiger partial charge >= 0.3 is 0 Å². The van der Waals surface area contributed by atoms with Crippen molar-refractivity contribution < 1.29 is 8.42 Å². The average Bonchev–Trinajstić information content (AvgIpc) is 2.89. The molecule has 3 aromatic rings. The Morgan fingerprint density at radius 1 is 0.853 bits per heavy atom. The number of likely N-dealkylation sites (N-methyl/N-ethyl adjacent to an activating group) is 1. The minimum Gasteiger partial charge on any atom is -0.301 e. The fourth-order valence-corrected chi connectivity index (χ4v) is 6.42. The van der Waals surface area contributed by atoms with Crippen LogP contribution in [0.4, 0.5) is 0 Å². The lowest BCUT2D eigenvalue weighted by Crippen LogP contribution is -2.41. The molecule has 4 rings (SSSR count). The molecular formula is C29H36N2O2S. The van der Waals surface area contributed by atoms with Gasteiger partial charge < -0.3 is 4.90 Å². The molecule has 1 heterocycles. The van der Waals surface area contributed by atoms with Crippen molar-refractivity contribution in [3.05, 3.63) is 102 Å². The summed E-state index contributed by atoms with van der Waals surface area (Å²) in [6.07, 6.45) is 3.27. The molecule has 2 unspecified atom stereocenters. The predicted molar refractivity (Wildman–Crippen MR) is 140 cm³/mol. The molecular weight excluding hydrogens is 440 g/mol. The van der Waals surface area contributed by atoms with Crippen LogP contribution in [0.2, 0.25) is 0 Å². The highest BCUT2D eigenvalue weighted by atomic mass is 32.2. The Labute approximate surface area is 205 Å². The molecule has 3 aromatic carbocycles. The van der Waals surface area contributed by atoms with Crippen molar-refractivity contribution in [2.24, 2.45) is 0 Å². The van der Waals surface area contributed by atoms with Gasteiger partial charge in [0.25, 0.3) is 0 Å². The van der Waals surface area contributed by atoms with Crippen LogP contribution in [-0.2, 0) is 10.0 Å². The standard InChI is InChI=1S/C29H36N2O2S/c1-24(31-20-18-27(19-21-31)25-12-6-3-7-13-25)22-28(26-14-8-4-9-15-26)23-30(2)34(32,33)29-16-10-5-11-17-29/h3-17,24,27-28H,18-23H2,1-2H3. The van der Waals surface area contributed by atoms with E-state index in [2.05, 4.69) is 54.3 Å². The second kappa shape index (κ2) is 11.3. The summed E-state index contributed by atoms with van der Waals surface area (Å²) in [4.78, 5) is 2.93. The number of piperidine rings is 1. The highest BCUT2D eigenvalue weighted by molar-refractivity contribution is 7.89. The van der Waals surface area contributed by atoms with E-state index in [1.54, 1.807) is 31.3 Å². The molecule has 1 aliphatic rings. The summed E-state index contributed by atoms with van der Waals surface area (Å²) in [5.74, 6) is 0.767. The topological polar surface area (TPSA) is 40.6 Å². The molecule has 2 atom stereocenters. The summed E-state index contributed by atoms with van der Waals surface area (Å²) in [6.45, 7) is 4.93. The molecule has 0 amide bonds. The minimum absolute atomic E-state index is 0.131. The van der Waals surface area contributed by atoms with Crippen molar-refractivity contribution in [2.45, 2.75) is 49.0 Å². The highest BCUT2D eigenvalue weighted by Crippen LogP contribution is 2.31. The third-order valence-corrected chi connectivity index (χ3v) is 9.09. The van der Waals surface area contributed by atoms with Gasteiger partial charge in [-0.15, -0.1) is 0 Å². The van der Waals surface area contributed by atoms with Crippen molar-refractivity contribution in [3.8, 4) is 0 Å². The normalized spacial score (nSPS) is 17.5. The van der Waals surface area contributed by atoms with E-state index in [1.165, 1.54) is 28.3 Å². The van der Waals surface area contributed by atoms with Gasteiger partial charge in [0.15, 0.2) is 0 Å². The lowest BCUT2D eigenvalue weighted by molar-refractivity contribution is 0.147. The SMILES string of the molecule is CC(CC(CN(C)S(=O)(=O)c1ccccc1)c1ccccc1)N1CCC(c2ccccc2)CC1. The quantitative estimate of drug-likeness (QED) is 0.395. The number of sulfonamides is 1. The molecule has 1 saturated heterocycles. The third-order valence-electron chi connectivity index (χ3n) is 7.25. The van der Waals surface area contributed by atoms with Crippen molar-refractivity contribution in [1.29, 1.82) is 0 Å². The van der Waals surface area contributed by atoms with Crippen LogP contribution < -0.4 is 0 Å². The second-order valence-corrected chi connectivity index (χ2v) is 11.6. The van der Waals surface area contributed by atoms with Crippen molar-refractivity contribution >= 4 is 10.0 Å². The van der Waals surface area contributed by atoms with E-state index in [-0.39, 0.29) is 5.92 Å². The van der Waals surface area contributed by atoms with E-state index in [0.29, 0.717) is 23.4 Å². The van der Waals surface area contributed by atoms with E-state index < -0.39 is 10.0 Å². The summed E-state index contributed by atoms with van der Waals surface area (Å²) in [6, 6.07) is 30.3. The van der Waals surface area contributed by atoms with Gasteiger partial charge in [0, 0.05) is 19.6 Å². The maximum atomic E-state index is 13.2. The largest absolute Gasteiger partial charge is 0.301 e. The Morgan fingerprint density at radius 3 is 1.97 bits per heavy atom. The van der Waals surface area contributed by atoms with E-state index >= 15 is 0 Å². The first-order chi connectivity index (χ1) is 16.4. The van der Waals surface area contributed by atoms with Gasteiger partial charge in [0.2, 0.25) is 10.0 Å². The van der Waals surface area contributed by atoms with Gasteiger partial charge in [-0.2, -0.15) is 0 Å². The van der Waals surface area contributed by atoms with Crippen molar-refractivity contribution in [2.75, 3.05) is 26.7 Å². The van der Waals surface area contributed by atoms with E-state index in [0.717, 1.165) is 19.5 Å². The molecule has 180 valence electrons.